The van der Waals surface area contributed by atoms with Crippen molar-refractivity contribution in [2.75, 3.05) is 0 Å². The molecule has 2 rings (SSSR count). The zero-order chi connectivity index (χ0) is 13.3. The van der Waals surface area contributed by atoms with Gasteiger partial charge in [0.25, 0.3) is 5.56 Å². The quantitative estimate of drug-likeness (QED) is 0.857. The third-order valence-electron chi connectivity index (χ3n) is 2.38. The van der Waals surface area contributed by atoms with E-state index in [9.17, 15) is 18.4 Å². The summed E-state index contributed by atoms with van der Waals surface area (Å²) in [6.07, 6.45) is 1.17. The van der Waals surface area contributed by atoms with E-state index in [2.05, 4.69) is 4.98 Å². The molecule has 0 aliphatic heterocycles. The van der Waals surface area contributed by atoms with E-state index in [4.69, 9.17) is 5.11 Å². The molecule has 92 valence electrons. The molecule has 2 aromatic rings. The van der Waals surface area contributed by atoms with Gasteiger partial charge in [0.1, 0.15) is 17.2 Å². The molecule has 0 aliphatic rings. The van der Waals surface area contributed by atoms with Crippen LogP contribution >= 0.6 is 0 Å². The summed E-state index contributed by atoms with van der Waals surface area (Å²) in [6, 6.07) is 3.94. The normalized spacial score (nSPS) is 10.3. The molecule has 1 aromatic heterocycles. The number of pyridine rings is 1. The zero-order valence-corrected chi connectivity index (χ0v) is 8.91. The number of benzene rings is 1. The van der Waals surface area contributed by atoms with Crippen LogP contribution in [0.3, 0.4) is 0 Å². The van der Waals surface area contributed by atoms with E-state index in [1.807, 2.05) is 0 Å². The Kier molecular flexibility index (Phi) is 2.93. The van der Waals surface area contributed by atoms with Crippen molar-refractivity contribution in [3.8, 4) is 11.1 Å². The molecule has 0 saturated heterocycles. The van der Waals surface area contributed by atoms with E-state index in [0.29, 0.717) is 6.07 Å². The molecule has 0 atom stereocenters. The van der Waals surface area contributed by atoms with Crippen LogP contribution in [0.2, 0.25) is 0 Å². The third kappa shape index (κ3) is 2.13. The van der Waals surface area contributed by atoms with Crippen LogP contribution in [0.1, 0.15) is 10.4 Å². The second kappa shape index (κ2) is 4.40. The van der Waals surface area contributed by atoms with Gasteiger partial charge in [-0.1, -0.05) is 0 Å². The molecule has 1 aromatic carbocycles. The Morgan fingerprint density at radius 1 is 1.22 bits per heavy atom. The Balaban J connectivity index is 2.61. The van der Waals surface area contributed by atoms with Crippen LogP contribution in [0, 0.1) is 11.6 Å². The van der Waals surface area contributed by atoms with Gasteiger partial charge < -0.3 is 10.1 Å². The van der Waals surface area contributed by atoms with E-state index in [1.54, 1.807) is 0 Å². The molecule has 2 N–H and O–H groups in total. The van der Waals surface area contributed by atoms with Crippen LogP contribution in [0.4, 0.5) is 8.78 Å². The minimum atomic E-state index is -1.42. The molecule has 1 heterocycles. The summed E-state index contributed by atoms with van der Waals surface area (Å²) < 4.78 is 26.2. The maximum absolute atomic E-state index is 13.5. The first-order valence-corrected chi connectivity index (χ1v) is 4.90. The summed E-state index contributed by atoms with van der Waals surface area (Å²) in [6.45, 7) is 0. The molecule has 0 radical (unpaired) electrons. The number of aromatic amines is 1. The fourth-order valence-corrected chi connectivity index (χ4v) is 1.52. The lowest BCUT2D eigenvalue weighted by Crippen LogP contribution is -2.16. The van der Waals surface area contributed by atoms with E-state index in [1.165, 1.54) is 12.3 Å². The molecular formula is C12H7F2NO3. The Morgan fingerprint density at radius 2 is 1.94 bits per heavy atom. The van der Waals surface area contributed by atoms with Gasteiger partial charge in [-0.15, -0.1) is 0 Å². The van der Waals surface area contributed by atoms with Crippen molar-refractivity contribution < 1.29 is 18.7 Å². The topological polar surface area (TPSA) is 70.2 Å². The van der Waals surface area contributed by atoms with Gasteiger partial charge in [-0.3, -0.25) is 4.79 Å². The highest BCUT2D eigenvalue weighted by molar-refractivity contribution is 5.88. The van der Waals surface area contributed by atoms with E-state index < -0.39 is 28.7 Å². The number of rotatable bonds is 2. The van der Waals surface area contributed by atoms with Crippen LogP contribution in [-0.4, -0.2) is 16.1 Å². The number of hydrogen-bond donors (Lipinski definition) is 2. The first-order chi connectivity index (χ1) is 8.49. The average Bonchev–Trinajstić information content (AvgIpc) is 2.30. The molecule has 0 fully saturated rings. The van der Waals surface area contributed by atoms with Crippen LogP contribution in [-0.2, 0) is 0 Å². The molecule has 0 spiro atoms. The smallest absolute Gasteiger partial charge is 0.341 e. The standard InChI is InChI=1S/C12H7F2NO3/c13-7-1-2-8(10(14)4-7)6-3-9(12(17)18)11(16)15-5-6/h1-5H,(H,15,16)(H,17,18). The highest BCUT2D eigenvalue weighted by Gasteiger charge is 2.12. The molecule has 0 amide bonds. The average molecular weight is 251 g/mol. The Hall–Kier alpha value is -2.50. The molecule has 0 bridgehead atoms. The van der Waals surface area contributed by atoms with E-state index in [0.717, 1.165) is 12.1 Å². The predicted molar refractivity (Wildman–Crippen MR) is 59.4 cm³/mol. The molecule has 6 heteroatoms. The number of aromatic carboxylic acids is 1. The fraction of sp³-hybridized carbons (Fsp3) is 0. The summed E-state index contributed by atoms with van der Waals surface area (Å²) in [7, 11) is 0. The highest BCUT2D eigenvalue weighted by atomic mass is 19.1. The number of H-pyrrole nitrogens is 1. The summed E-state index contributed by atoms with van der Waals surface area (Å²) >= 11 is 0. The first kappa shape index (κ1) is 12.0. The van der Waals surface area contributed by atoms with Gasteiger partial charge in [0, 0.05) is 23.4 Å². The van der Waals surface area contributed by atoms with Gasteiger partial charge in [-0.25, -0.2) is 13.6 Å². The lowest BCUT2D eigenvalue weighted by atomic mass is 10.1. The summed E-state index contributed by atoms with van der Waals surface area (Å²) in [5.41, 5.74) is -1.12. The minimum absolute atomic E-state index is 0.00940. The third-order valence-corrected chi connectivity index (χ3v) is 2.38. The maximum Gasteiger partial charge on any atom is 0.341 e. The molecular weight excluding hydrogens is 244 g/mol. The molecule has 4 nitrogen and oxygen atoms in total. The Bertz CT molecular complexity index is 679. The largest absolute Gasteiger partial charge is 0.477 e. The van der Waals surface area contributed by atoms with Gasteiger partial charge in [0.05, 0.1) is 0 Å². The lowest BCUT2D eigenvalue weighted by molar-refractivity contribution is 0.0695. The van der Waals surface area contributed by atoms with Gasteiger partial charge in [0.2, 0.25) is 0 Å². The Labute approximate surface area is 99.5 Å². The number of halogens is 2. The molecule has 0 aliphatic carbocycles. The predicted octanol–water partition coefficient (Wildman–Crippen LogP) is 2.02. The summed E-state index contributed by atoms with van der Waals surface area (Å²) in [5.74, 6) is -2.99. The van der Waals surface area contributed by atoms with Crippen molar-refractivity contribution in [2.45, 2.75) is 0 Å². The number of carboxylic acids is 1. The summed E-state index contributed by atoms with van der Waals surface area (Å²) in [4.78, 5) is 24.2. The van der Waals surface area contributed by atoms with E-state index in [-0.39, 0.29) is 11.1 Å². The highest BCUT2D eigenvalue weighted by Crippen LogP contribution is 2.22. The van der Waals surface area contributed by atoms with Gasteiger partial charge in [0.15, 0.2) is 0 Å². The van der Waals surface area contributed by atoms with Crippen LogP contribution in [0.5, 0.6) is 0 Å². The SMILES string of the molecule is O=C(O)c1cc(-c2ccc(F)cc2F)c[nH]c1=O. The second-order valence-corrected chi connectivity index (χ2v) is 3.56. The van der Waals surface area contributed by atoms with Gasteiger partial charge in [-0.2, -0.15) is 0 Å². The van der Waals surface area contributed by atoms with Crippen molar-refractivity contribution in [3.05, 3.63) is 58.0 Å². The van der Waals surface area contributed by atoms with Crippen LogP contribution in [0.25, 0.3) is 11.1 Å². The van der Waals surface area contributed by atoms with Crippen LogP contribution < -0.4 is 5.56 Å². The van der Waals surface area contributed by atoms with Crippen molar-refractivity contribution in [1.82, 2.24) is 4.98 Å². The molecule has 0 unspecified atom stereocenters. The lowest BCUT2D eigenvalue weighted by Gasteiger charge is -2.04. The van der Waals surface area contributed by atoms with Crippen molar-refractivity contribution in [2.24, 2.45) is 0 Å². The number of nitrogens with one attached hydrogen (secondary N) is 1. The van der Waals surface area contributed by atoms with Crippen molar-refractivity contribution in [1.29, 1.82) is 0 Å². The second-order valence-electron chi connectivity index (χ2n) is 3.56. The zero-order valence-electron chi connectivity index (χ0n) is 8.91. The van der Waals surface area contributed by atoms with Gasteiger partial charge >= 0.3 is 5.97 Å². The minimum Gasteiger partial charge on any atom is -0.477 e. The maximum atomic E-state index is 13.5. The number of carbonyl (C=O) groups is 1. The number of carboxylic acid groups (broad SMARTS) is 1. The molecule has 18 heavy (non-hydrogen) atoms. The summed E-state index contributed by atoms with van der Waals surface area (Å²) in [5, 5.41) is 8.78. The van der Waals surface area contributed by atoms with E-state index >= 15 is 0 Å². The van der Waals surface area contributed by atoms with Crippen molar-refractivity contribution in [3.63, 3.8) is 0 Å². The van der Waals surface area contributed by atoms with Crippen LogP contribution in [0.15, 0.2) is 35.3 Å². The first-order valence-electron chi connectivity index (χ1n) is 4.90. The number of hydrogen-bond acceptors (Lipinski definition) is 2. The fourth-order valence-electron chi connectivity index (χ4n) is 1.52. The monoisotopic (exact) mass is 251 g/mol. The number of aromatic nitrogens is 1. The van der Waals surface area contributed by atoms with Crippen molar-refractivity contribution >= 4 is 5.97 Å². The Morgan fingerprint density at radius 3 is 2.56 bits per heavy atom. The van der Waals surface area contributed by atoms with Gasteiger partial charge in [-0.05, 0) is 18.2 Å². The molecule has 0 saturated carbocycles.